The summed E-state index contributed by atoms with van der Waals surface area (Å²) in [5.41, 5.74) is 1.33. The van der Waals surface area contributed by atoms with Crippen LogP contribution >= 0.6 is 11.6 Å². The number of hydrogen-bond donors (Lipinski definition) is 1. The Balaban J connectivity index is 2.11. The molecular weight excluding hydrogens is 274 g/mol. The predicted molar refractivity (Wildman–Crippen MR) is 79.8 cm³/mol. The van der Waals surface area contributed by atoms with Crippen molar-refractivity contribution >= 4 is 28.3 Å². The van der Waals surface area contributed by atoms with Crippen molar-refractivity contribution in [1.29, 1.82) is 0 Å². The highest BCUT2D eigenvalue weighted by Crippen LogP contribution is 2.33. The summed E-state index contributed by atoms with van der Waals surface area (Å²) in [6.45, 7) is 1.52. The van der Waals surface area contributed by atoms with Crippen LogP contribution in [0.1, 0.15) is 17.4 Å². The van der Waals surface area contributed by atoms with Crippen molar-refractivity contribution in [1.82, 2.24) is 4.98 Å². The van der Waals surface area contributed by atoms with E-state index in [-0.39, 0.29) is 5.78 Å². The number of Topliss-reactive ketones (excluding diaryl/α,β-unsaturated/α-hetero) is 1. The van der Waals surface area contributed by atoms with Gasteiger partial charge in [-0.25, -0.2) is 0 Å². The van der Waals surface area contributed by atoms with Crippen LogP contribution in [0.3, 0.4) is 0 Å². The Labute approximate surface area is 121 Å². The summed E-state index contributed by atoms with van der Waals surface area (Å²) in [4.78, 5) is 14.5. The van der Waals surface area contributed by atoms with Crippen LogP contribution in [-0.2, 0) is 0 Å². The Morgan fingerprint density at radius 3 is 2.60 bits per heavy atom. The van der Waals surface area contributed by atoms with Crippen LogP contribution in [0.25, 0.3) is 10.9 Å². The lowest BCUT2D eigenvalue weighted by Crippen LogP contribution is -1.89. The lowest BCUT2D eigenvalue weighted by Gasteiger charge is -2.07. The van der Waals surface area contributed by atoms with Gasteiger partial charge in [0.1, 0.15) is 11.5 Å². The maximum absolute atomic E-state index is 11.5. The lowest BCUT2D eigenvalue weighted by atomic mass is 10.2. The smallest absolute Gasteiger partial charge is 0.175 e. The largest absolute Gasteiger partial charge is 0.457 e. The summed E-state index contributed by atoms with van der Waals surface area (Å²) in [5.74, 6) is 1.33. The van der Waals surface area contributed by atoms with Crippen molar-refractivity contribution < 1.29 is 9.53 Å². The number of benzene rings is 2. The first-order valence-corrected chi connectivity index (χ1v) is 6.57. The third-order valence-electron chi connectivity index (χ3n) is 3.02. The van der Waals surface area contributed by atoms with Crippen LogP contribution in [-0.4, -0.2) is 10.8 Å². The van der Waals surface area contributed by atoms with E-state index in [0.717, 1.165) is 16.7 Å². The molecule has 0 aliphatic rings. The van der Waals surface area contributed by atoms with Crippen LogP contribution in [0.4, 0.5) is 0 Å². The Morgan fingerprint density at radius 1 is 1.15 bits per heavy atom. The number of para-hydroxylation sites is 1. The van der Waals surface area contributed by atoms with Gasteiger partial charge in [0, 0.05) is 23.4 Å². The van der Waals surface area contributed by atoms with E-state index >= 15 is 0 Å². The number of hydrogen-bond acceptors (Lipinski definition) is 2. The minimum Gasteiger partial charge on any atom is -0.457 e. The molecule has 3 aromatic rings. The van der Waals surface area contributed by atoms with Crippen LogP contribution in [0, 0.1) is 0 Å². The molecule has 1 N–H and O–H groups in total. The second kappa shape index (κ2) is 5.02. The van der Waals surface area contributed by atoms with Gasteiger partial charge < -0.3 is 9.72 Å². The summed E-state index contributed by atoms with van der Waals surface area (Å²) in [5, 5.41) is 1.39. The van der Waals surface area contributed by atoms with Crippen molar-refractivity contribution in [3.05, 3.63) is 59.2 Å². The SMILES string of the molecule is CC(=O)c1cc2c(Oc3ccccc3)cc(Cl)cc2[nH]1. The zero-order valence-electron chi connectivity index (χ0n) is 10.8. The second-order valence-corrected chi connectivity index (χ2v) is 4.96. The van der Waals surface area contributed by atoms with Crippen LogP contribution in [0.2, 0.25) is 5.02 Å². The van der Waals surface area contributed by atoms with Gasteiger partial charge in [0.2, 0.25) is 0 Å². The third-order valence-corrected chi connectivity index (χ3v) is 3.23. The van der Waals surface area contributed by atoms with Crippen molar-refractivity contribution in [2.45, 2.75) is 6.92 Å². The molecule has 100 valence electrons. The standard InChI is InChI=1S/C16H12ClNO2/c1-10(19)14-9-13-15(18-14)7-11(17)8-16(13)20-12-5-3-2-4-6-12/h2-9,18H,1H3. The first-order valence-electron chi connectivity index (χ1n) is 6.19. The van der Waals surface area contributed by atoms with Gasteiger partial charge in [-0.1, -0.05) is 29.8 Å². The van der Waals surface area contributed by atoms with E-state index in [4.69, 9.17) is 16.3 Å². The monoisotopic (exact) mass is 285 g/mol. The molecule has 0 bridgehead atoms. The van der Waals surface area contributed by atoms with Crippen LogP contribution in [0.5, 0.6) is 11.5 Å². The average molecular weight is 286 g/mol. The van der Waals surface area contributed by atoms with Gasteiger partial charge in [0.05, 0.1) is 11.2 Å². The quantitative estimate of drug-likeness (QED) is 0.701. The zero-order chi connectivity index (χ0) is 14.1. The molecule has 0 saturated carbocycles. The first kappa shape index (κ1) is 12.8. The molecule has 0 unspecified atom stereocenters. The third kappa shape index (κ3) is 2.40. The normalized spacial score (nSPS) is 10.7. The molecular formula is C16H12ClNO2. The van der Waals surface area contributed by atoms with Crippen LogP contribution in [0.15, 0.2) is 48.5 Å². The van der Waals surface area contributed by atoms with E-state index in [1.807, 2.05) is 30.3 Å². The number of H-pyrrole nitrogens is 1. The fourth-order valence-electron chi connectivity index (χ4n) is 2.06. The van der Waals surface area contributed by atoms with Gasteiger partial charge in [-0.15, -0.1) is 0 Å². The summed E-state index contributed by atoms with van der Waals surface area (Å²) in [7, 11) is 0. The fourth-order valence-corrected chi connectivity index (χ4v) is 2.27. The number of fused-ring (bicyclic) bond motifs is 1. The Bertz CT molecular complexity index is 778. The molecule has 0 spiro atoms. The molecule has 4 heteroatoms. The molecule has 3 nitrogen and oxygen atoms in total. The summed E-state index contributed by atoms with van der Waals surface area (Å²) in [6, 6.07) is 14.8. The van der Waals surface area contributed by atoms with Gasteiger partial charge in [-0.2, -0.15) is 0 Å². The molecule has 0 amide bonds. The van der Waals surface area contributed by atoms with E-state index < -0.39 is 0 Å². The van der Waals surface area contributed by atoms with Gasteiger partial charge in [-0.3, -0.25) is 4.79 Å². The number of rotatable bonds is 3. The van der Waals surface area contributed by atoms with E-state index in [1.54, 1.807) is 18.2 Å². The molecule has 2 aromatic carbocycles. The van der Waals surface area contributed by atoms with E-state index in [2.05, 4.69) is 4.98 Å². The summed E-state index contributed by atoms with van der Waals surface area (Å²) >= 11 is 6.09. The molecule has 3 rings (SSSR count). The molecule has 1 aromatic heterocycles. The minimum atomic E-state index is -0.0250. The topological polar surface area (TPSA) is 42.1 Å². The number of nitrogens with one attached hydrogen (secondary N) is 1. The van der Waals surface area contributed by atoms with Crippen molar-refractivity contribution in [3.8, 4) is 11.5 Å². The number of ether oxygens (including phenoxy) is 1. The van der Waals surface area contributed by atoms with Crippen LogP contribution < -0.4 is 4.74 Å². The molecule has 0 fully saturated rings. The van der Waals surface area contributed by atoms with Gasteiger partial charge in [-0.05, 0) is 24.3 Å². The highest BCUT2D eigenvalue weighted by atomic mass is 35.5. The van der Waals surface area contributed by atoms with E-state index in [9.17, 15) is 4.79 Å². The molecule has 0 aliphatic carbocycles. The maximum Gasteiger partial charge on any atom is 0.175 e. The van der Waals surface area contributed by atoms with E-state index in [0.29, 0.717) is 16.5 Å². The number of carbonyl (C=O) groups is 1. The Hall–Kier alpha value is -2.26. The highest BCUT2D eigenvalue weighted by molar-refractivity contribution is 6.31. The van der Waals surface area contributed by atoms with Crippen molar-refractivity contribution in [2.75, 3.05) is 0 Å². The fraction of sp³-hybridized carbons (Fsp3) is 0.0625. The lowest BCUT2D eigenvalue weighted by molar-refractivity contribution is 0.101. The number of aromatic nitrogens is 1. The first-order chi connectivity index (χ1) is 9.63. The Morgan fingerprint density at radius 2 is 1.90 bits per heavy atom. The number of halogens is 1. The molecule has 0 atom stereocenters. The highest BCUT2D eigenvalue weighted by Gasteiger charge is 2.11. The van der Waals surface area contributed by atoms with Gasteiger partial charge >= 0.3 is 0 Å². The average Bonchev–Trinajstić information content (AvgIpc) is 2.84. The van der Waals surface area contributed by atoms with Gasteiger partial charge in [0.25, 0.3) is 0 Å². The molecule has 0 radical (unpaired) electrons. The molecule has 1 heterocycles. The summed E-state index contributed by atoms with van der Waals surface area (Å²) in [6.07, 6.45) is 0. The van der Waals surface area contributed by atoms with E-state index in [1.165, 1.54) is 6.92 Å². The van der Waals surface area contributed by atoms with Gasteiger partial charge in [0.15, 0.2) is 5.78 Å². The van der Waals surface area contributed by atoms with Crippen molar-refractivity contribution in [3.63, 3.8) is 0 Å². The zero-order valence-corrected chi connectivity index (χ0v) is 11.6. The number of aromatic amines is 1. The number of carbonyl (C=O) groups excluding carboxylic acids is 1. The Kier molecular flexibility index (Phi) is 3.20. The molecule has 0 saturated heterocycles. The maximum atomic E-state index is 11.5. The molecule has 0 aliphatic heterocycles. The molecule has 20 heavy (non-hydrogen) atoms. The minimum absolute atomic E-state index is 0.0250. The van der Waals surface area contributed by atoms with Crippen molar-refractivity contribution in [2.24, 2.45) is 0 Å². The predicted octanol–water partition coefficient (Wildman–Crippen LogP) is 4.82. The summed E-state index contributed by atoms with van der Waals surface area (Å²) < 4.78 is 5.85. The number of ketones is 1. The second-order valence-electron chi connectivity index (χ2n) is 4.52.